The highest BCUT2D eigenvalue weighted by atomic mass is 15.4. The Labute approximate surface area is 230 Å². The summed E-state index contributed by atoms with van der Waals surface area (Å²) in [5.41, 5.74) is 5.15. The average molecular weight is 534 g/mol. The first-order valence-corrected chi connectivity index (χ1v) is 14.3. The lowest BCUT2D eigenvalue weighted by molar-refractivity contribution is 0.323. The molecular weight excluding hydrogens is 502 g/mol. The molecule has 0 spiro atoms. The summed E-state index contributed by atoms with van der Waals surface area (Å²) in [6, 6.07) is 12.5. The van der Waals surface area contributed by atoms with Crippen LogP contribution in [0, 0.1) is 0 Å². The zero-order valence-corrected chi connectivity index (χ0v) is 22.3. The van der Waals surface area contributed by atoms with E-state index in [0.29, 0.717) is 17.7 Å². The monoisotopic (exact) mass is 533 g/mol. The maximum Gasteiger partial charge on any atom is 0.250 e. The Morgan fingerprint density at radius 3 is 2.50 bits per heavy atom. The van der Waals surface area contributed by atoms with Crippen LogP contribution < -0.4 is 0 Å². The highest BCUT2D eigenvalue weighted by Gasteiger charge is 2.21. The molecule has 5 heterocycles. The van der Waals surface area contributed by atoms with Crippen molar-refractivity contribution >= 4 is 21.8 Å². The molecule has 202 valence electrons. The van der Waals surface area contributed by atoms with E-state index in [1.54, 1.807) is 4.68 Å². The van der Waals surface area contributed by atoms with E-state index in [1.807, 2.05) is 18.3 Å². The predicted molar refractivity (Wildman–Crippen MR) is 152 cm³/mol. The van der Waals surface area contributed by atoms with Crippen molar-refractivity contribution in [2.24, 2.45) is 0 Å². The van der Waals surface area contributed by atoms with Crippen molar-refractivity contribution in [2.75, 3.05) is 13.1 Å². The molecule has 11 nitrogen and oxygen atoms in total. The molecule has 1 saturated heterocycles. The Kier molecular flexibility index (Phi) is 5.68. The summed E-state index contributed by atoms with van der Waals surface area (Å²) < 4.78 is 1.79. The molecule has 0 atom stereocenters. The first-order valence-electron chi connectivity index (χ1n) is 14.3. The number of aromatic amines is 3. The van der Waals surface area contributed by atoms with Crippen LogP contribution in [0.1, 0.15) is 62.4 Å². The third-order valence-electron chi connectivity index (χ3n) is 8.48. The van der Waals surface area contributed by atoms with Crippen molar-refractivity contribution < 1.29 is 0 Å². The summed E-state index contributed by atoms with van der Waals surface area (Å²) in [7, 11) is 0. The van der Waals surface area contributed by atoms with Crippen LogP contribution in [-0.4, -0.2) is 68.3 Å². The van der Waals surface area contributed by atoms with Gasteiger partial charge in [0.1, 0.15) is 5.82 Å². The Bertz CT molecular complexity index is 1790. The molecule has 2 fully saturated rings. The molecule has 40 heavy (non-hydrogen) atoms. The molecule has 4 aromatic heterocycles. The van der Waals surface area contributed by atoms with Gasteiger partial charge in [-0.3, -0.25) is 10.00 Å². The number of aromatic nitrogens is 10. The third-order valence-corrected chi connectivity index (χ3v) is 8.48. The molecule has 0 radical (unpaired) electrons. The van der Waals surface area contributed by atoms with Gasteiger partial charge in [0.2, 0.25) is 5.95 Å². The minimum atomic E-state index is 0.525. The quantitative estimate of drug-likeness (QED) is 0.271. The molecule has 1 aliphatic carbocycles. The van der Waals surface area contributed by atoms with Crippen molar-refractivity contribution in [3.05, 3.63) is 54.1 Å². The molecule has 0 bridgehead atoms. The van der Waals surface area contributed by atoms with Gasteiger partial charge in [0.25, 0.3) is 0 Å². The SMILES string of the molecule is c1cc2c(cnn2-c2nnc(-c3ccc4[nH]nc(C5CCCCC5)c4c3)[nH]2)cc1-c1nnc(CN2CCCC2)[nH]1. The second kappa shape index (κ2) is 9.67. The van der Waals surface area contributed by atoms with E-state index in [9.17, 15) is 0 Å². The van der Waals surface area contributed by atoms with E-state index >= 15 is 0 Å². The fourth-order valence-corrected chi connectivity index (χ4v) is 6.35. The van der Waals surface area contributed by atoms with E-state index in [2.05, 4.69) is 74.8 Å². The molecule has 6 aromatic rings. The number of likely N-dealkylation sites (tertiary alicyclic amines) is 1. The van der Waals surface area contributed by atoms with Gasteiger partial charge < -0.3 is 9.97 Å². The number of rotatable bonds is 6. The largest absolute Gasteiger partial charge is 0.324 e. The molecule has 2 aromatic carbocycles. The Hall–Kier alpha value is -4.38. The van der Waals surface area contributed by atoms with E-state index in [1.165, 1.54) is 56.0 Å². The zero-order chi connectivity index (χ0) is 26.5. The van der Waals surface area contributed by atoms with Gasteiger partial charge in [-0.25, -0.2) is 0 Å². The van der Waals surface area contributed by atoms with Crippen LogP contribution in [0.4, 0.5) is 0 Å². The summed E-state index contributed by atoms with van der Waals surface area (Å²) in [6.45, 7) is 3.07. The summed E-state index contributed by atoms with van der Waals surface area (Å²) in [5.74, 6) is 3.48. The van der Waals surface area contributed by atoms with Crippen LogP contribution >= 0.6 is 0 Å². The lowest BCUT2D eigenvalue weighted by Crippen LogP contribution is -2.19. The normalized spacial score (nSPS) is 17.0. The van der Waals surface area contributed by atoms with Gasteiger partial charge in [-0.2, -0.15) is 14.9 Å². The van der Waals surface area contributed by atoms with Gasteiger partial charge in [0.05, 0.1) is 29.5 Å². The Balaban J connectivity index is 1.06. The van der Waals surface area contributed by atoms with Crippen molar-refractivity contribution in [3.8, 4) is 28.7 Å². The summed E-state index contributed by atoms with van der Waals surface area (Å²) in [6.07, 6.45) is 10.7. The van der Waals surface area contributed by atoms with Gasteiger partial charge >= 0.3 is 0 Å². The second-order valence-corrected chi connectivity index (χ2v) is 11.1. The topological polar surface area (TPSA) is 133 Å². The Morgan fingerprint density at radius 1 is 0.800 bits per heavy atom. The molecule has 11 heteroatoms. The number of fused-ring (bicyclic) bond motifs is 2. The lowest BCUT2D eigenvalue weighted by atomic mass is 9.85. The molecule has 0 unspecified atom stereocenters. The molecule has 1 saturated carbocycles. The summed E-state index contributed by atoms with van der Waals surface area (Å²) in [5, 5.41) is 32.4. The standard InChI is InChI=1S/C29H31N11/c1-2-6-18(7-3-1)26-22-15-20(8-10-23(22)33-35-26)28-32-29(38-37-28)40-24-11-9-19(14-21(24)16-30-40)27-31-25(34-36-27)17-39-12-4-5-13-39/h8-11,14-16,18H,1-7,12-13,17H2,(H,33,35)(H,31,34,36)(H,32,37,38). The third kappa shape index (κ3) is 4.17. The van der Waals surface area contributed by atoms with E-state index < -0.39 is 0 Å². The van der Waals surface area contributed by atoms with Crippen LogP contribution in [0.2, 0.25) is 0 Å². The fraction of sp³-hybridized carbons (Fsp3) is 0.379. The number of benzene rings is 2. The number of hydrogen-bond acceptors (Lipinski definition) is 7. The fourth-order valence-electron chi connectivity index (χ4n) is 6.35. The number of nitrogens with one attached hydrogen (secondary N) is 3. The summed E-state index contributed by atoms with van der Waals surface area (Å²) >= 11 is 0. The van der Waals surface area contributed by atoms with Gasteiger partial charge in [-0.15, -0.1) is 20.4 Å². The van der Waals surface area contributed by atoms with Crippen LogP contribution in [0.15, 0.2) is 42.6 Å². The van der Waals surface area contributed by atoms with Crippen molar-refractivity contribution in [2.45, 2.75) is 57.4 Å². The summed E-state index contributed by atoms with van der Waals surface area (Å²) in [4.78, 5) is 9.18. The number of H-pyrrole nitrogens is 3. The maximum atomic E-state index is 4.69. The lowest BCUT2D eigenvalue weighted by Gasteiger charge is -2.19. The minimum Gasteiger partial charge on any atom is -0.324 e. The zero-order valence-electron chi connectivity index (χ0n) is 22.3. The van der Waals surface area contributed by atoms with Crippen LogP contribution in [0.25, 0.3) is 50.5 Å². The second-order valence-electron chi connectivity index (χ2n) is 11.1. The first kappa shape index (κ1) is 23.5. The van der Waals surface area contributed by atoms with E-state index in [0.717, 1.165) is 58.8 Å². The van der Waals surface area contributed by atoms with Gasteiger partial charge in [-0.1, -0.05) is 19.3 Å². The molecule has 0 amide bonds. The van der Waals surface area contributed by atoms with E-state index in [-0.39, 0.29) is 0 Å². The van der Waals surface area contributed by atoms with Crippen molar-refractivity contribution in [3.63, 3.8) is 0 Å². The van der Waals surface area contributed by atoms with Crippen LogP contribution in [0.3, 0.4) is 0 Å². The van der Waals surface area contributed by atoms with Crippen LogP contribution in [-0.2, 0) is 6.54 Å². The predicted octanol–water partition coefficient (Wildman–Crippen LogP) is 5.12. The highest BCUT2D eigenvalue weighted by molar-refractivity contribution is 5.86. The first-order chi connectivity index (χ1) is 19.8. The minimum absolute atomic E-state index is 0.525. The number of hydrogen-bond donors (Lipinski definition) is 3. The molecule has 2 aliphatic rings. The molecule has 8 rings (SSSR count). The van der Waals surface area contributed by atoms with E-state index in [4.69, 9.17) is 0 Å². The van der Waals surface area contributed by atoms with Crippen LogP contribution in [0.5, 0.6) is 0 Å². The molecule has 1 aliphatic heterocycles. The molecule has 3 N–H and O–H groups in total. The highest BCUT2D eigenvalue weighted by Crippen LogP contribution is 2.36. The number of nitrogens with zero attached hydrogens (tertiary/aromatic N) is 8. The maximum absolute atomic E-state index is 4.69. The van der Waals surface area contributed by atoms with Crippen molar-refractivity contribution in [1.82, 2.24) is 55.2 Å². The van der Waals surface area contributed by atoms with Gasteiger partial charge in [0.15, 0.2) is 11.6 Å². The van der Waals surface area contributed by atoms with Gasteiger partial charge in [-0.05, 0) is 75.2 Å². The smallest absolute Gasteiger partial charge is 0.250 e. The average Bonchev–Trinajstić information content (AvgIpc) is 3.83. The van der Waals surface area contributed by atoms with Crippen molar-refractivity contribution in [1.29, 1.82) is 0 Å². The molecular formula is C29H31N11. The van der Waals surface area contributed by atoms with Gasteiger partial charge in [0, 0.05) is 27.8 Å². The Morgan fingerprint density at radius 2 is 1.60 bits per heavy atom.